The number of ether oxygens (including phenoxy) is 1. The highest BCUT2D eigenvalue weighted by Crippen LogP contribution is 2.31. The van der Waals surface area contributed by atoms with Crippen molar-refractivity contribution in [3.8, 4) is 5.75 Å². The van der Waals surface area contributed by atoms with Gasteiger partial charge in [-0.15, -0.1) is 0 Å². The summed E-state index contributed by atoms with van der Waals surface area (Å²) in [5.74, 6) is -0.242. The molecule has 2 rings (SSSR count). The van der Waals surface area contributed by atoms with Crippen molar-refractivity contribution in [3.05, 3.63) is 22.7 Å². The number of aromatic hydroxyl groups is 1. The highest BCUT2D eigenvalue weighted by Gasteiger charge is 2.17. The Morgan fingerprint density at radius 1 is 1.44 bits per heavy atom. The maximum absolute atomic E-state index is 11.3. The Morgan fingerprint density at radius 3 is 2.72 bits per heavy atom. The van der Waals surface area contributed by atoms with Gasteiger partial charge in [0, 0.05) is 25.3 Å². The van der Waals surface area contributed by atoms with Crippen LogP contribution in [0.1, 0.15) is 30.1 Å². The second-order valence-electron chi connectivity index (χ2n) is 4.44. The van der Waals surface area contributed by atoms with E-state index in [1.54, 1.807) is 0 Å². The molecule has 0 saturated carbocycles. The predicted molar refractivity (Wildman–Crippen MR) is 70.6 cm³/mol. The number of carbonyl (C=O) groups is 1. The Bertz CT molecular complexity index is 456. The second-order valence-corrected chi connectivity index (χ2v) is 4.84. The van der Waals surface area contributed by atoms with E-state index >= 15 is 0 Å². The van der Waals surface area contributed by atoms with Gasteiger partial charge in [-0.3, -0.25) is 4.79 Å². The zero-order valence-corrected chi connectivity index (χ0v) is 11.0. The minimum Gasteiger partial charge on any atom is -0.507 e. The van der Waals surface area contributed by atoms with E-state index in [2.05, 4.69) is 5.32 Å². The summed E-state index contributed by atoms with van der Waals surface area (Å²) < 4.78 is 5.27. The number of hydrogen-bond donors (Lipinski definition) is 2. The molecule has 1 aromatic carbocycles. The molecule has 1 aliphatic heterocycles. The number of phenolic OH excluding ortho intramolecular Hbond substituents is 1. The quantitative estimate of drug-likeness (QED) is 0.829. The van der Waals surface area contributed by atoms with Crippen molar-refractivity contribution in [1.82, 2.24) is 0 Å². The fraction of sp³-hybridized carbons (Fsp3) is 0.462. The van der Waals surface area contributed by atoms with Crippen molar-refractivity contribution in [2.75, 3.05) is 18.5 Å². The summed E-state index contributed by atoms with van der Waals surface area (Å²) >= 11 is 6.11. The third-order valence-corrected chi connectivity index (χ3v) is 3.36. The summed E-state index contributed by atoms with van der Waals surface area (Å²) in [6, 6.07) is 3.30. The van der Waals surface area contributed by atoms with E-state index in [4.69, 9.17) is 16.3 Å². The summed E-state index contributed by atoms with van der Waals surface area (Å²) in [5, 5.41) is 13.5. The largest absolute Gasteiger partial charge is 0.507 e. The molecule has 0 amide bonds. The molecular weight excluding hydrogens is 254 g/mol. The van der Waals surface area contributed by atoms with Crippen LogP contribution in [0.4, 0.5) is 5.69 Å². The van der Waals surface area contributed by atoms with Gasteiger partial charge >= 0.3 is 0 Å². The minimum absolute atomic E-state index is 0.0403. The van der Waals surface area contributed by atoms with Gasteiger partial charge in [-0.1, -0.05) is 11.6 Å². The predicted octanol–water partition coefficient (Wildman–Crippen LogP) is 2.84. The highest BCUT2D eigenvalue weighted by molar-refractivity contribution is 6.33. The van der Waals surface area contributed by atoms with Crippen molar-refractivity contribution in [1.29, 1.82) is 0 Å². The summed E-state index contributed by atoms with van der Waals surface area (Å²) in [6.07, 6.45) is 1.82. The first kappa shape index (κ1) is 13.2. The molecule has 1 aliphatic rings. The standard InChI is InChI=1S/C13H16ClNO3/c1-8(16)10-6-11(14)12(7-13(10)17)15-9-2-4-18-5-3-9/h6-7,9,15,17H,2-5H2,1H3. The maximum atomic E-state index is 11.3. The molecule has 0 unspecified atom stereocenters. The maximum Gasteiger partial charge on any atom is 0.163 e. The Hall–Kier alpha value is -1.26. The van der Waals surface area contributed by atoms with Crippen LogP contribution in [0.15, 0.2) is 12.1 Å². The van der Waals surface area contributed by atoms with Gasteiger partial charge in [-0.05, 0) is 25.8 Å². The van der Waals surface area contributed by atoms with Gasteiger partial charge in [0.2, 0.25) is 0 Å². The van der Waals surface area contributed by atoms with Crippen LogP contribution in [-0.2, 0) is 4.74 Å². The number of halogens is 1. The zero-order chi connectivity index (χ0) is 13.1. The first-order chi connectivity index (χ1) is 8.58. The van der Waals surface area contributed by atoms with Gasteiger partial charge in [-0.2, -0.15) is 0 Å². The molecule has 0 radical (unpaired) electrons. The average Bonchev–Trinajstić information content (AvgIpc) is 2.34. The van der Waals surface area contributed by atoms with Crippen LogP contribution in [-0.4, -0.2) is 30.1 Å². The summed E-state index contributed by atoms with van der Waals surface area (Å²) in [4.78, 5) is 11.3. The number of ketones is 1. The number of Topliss-reactive ketones (excluding diaryl/α,β-unsaturated/α-hetero) is 1. The first-order valence-corrected chi connectivity index (χ1v) is 6.33. The van der Waals surface area contributed by atoms with Crippen molar-refractivity contribution >= 4 is 23.1 Å². The summed E-state index contributed by atoms with van der Waals surface area (Å²) in [6.45, 7) is 2.86. The third-order valence-electron chi connectivity index (χ3n) is 3.05. The van der Waals surface area contributed by atoms with Crippen molar-refractivity contribution in [3.63, 3.8) is 0 Å². The van der Waals surface area contributed by atoms with Crippen LogP contribution >= 0.6 is 11.6 Å². The number of rotatable bonds is 3. The lowest BCUT2D eigenvalue weighted by Crippen LogP contribution is -2.27. The van der Waals surface area contributed by atoms with E-state index in [0.717, 1.165) is 26.1 Å². The Kier molecular flexibility index (Phi) is 4.09. The Balaban J connectivity index is 2.18. The first-order valence-electron chi connectivity index (χ1n) is 5.95. The molecule has 5 heteroatoms. The Labute approximate surface area is 111 Å². The second kappa shape index (κ2) is 5.59. The van der Waals surface area contributed by atoms with E-state index in [9.17, 15) is 9.90 Å². The van der Waals surface area contributed by atoms with Gasteiger partial charge in [0.15, 0.2) is 5.78 Å². The van der Waals surface area contributed by atoms with E-state index in [1.807, 2.05) is 0 Å². The topological polar surface area (TPSA) is 58.6 Å². The molecule has 0 aliphatic carbocycles. The molecule has 0 bridgehead atoms. The molecule has 0 aromatic heterocycles. The molecule has 2 N–H and O–H groups in total. The number of carbonyl (C=O) groups excluding carboxylic acids is 1. The van der Waals surface area contributed by atoms with E-state index in [-0.39, 0.29) is 17.1 Å². The van der Waals surface area contributed by atoms with Gasteiger partial charge in [-0.25, -0.2) is 0 Å². The number of phenols is 1. The van der Waals surface area contributed by atoms with Crippen LogP contribution in [0.25, 0.3) is 0 Å². The van der Waals surface area contributed by atoms with Crippen molar-refractivity contribution in [2.45, 2.75) is 25.8 Å². The number of benzene rings is 1. The molecule has 1 fully saturated rings. The lowest BCUT2D eigenvalue weighted by molar-refractivity contribution is 0.0904. The normalized spacial score (nSPS) is 16.6. The molecule has 0 spiro atoms. The summed E-state index contributed by atoms with van der Waals surface area (Å²) in [7, 11) is 0. The molecule has 1 heterocycles. The van der Waals surface area contributed by atoms with Crippen LogP contribution in [0.2, 0.25) is 5.02 Å². The molecular formula is C13H16ClNO3. The monoisotopic (exact) mass is 269 g/mol. The third kappa shape index (κ3) is 2.94. The van der Waals surface area contributed by atoms with Gasteiger partial charge in [0.1, 0.15) is 5.75 Å². The summed E-state index contributed by atoms with van der Waals surface area (Å²) in [5.41, 5.74) is 0.906. The number of hydrogen-bond acceptors (Lipinski definition) is 4. The average molecular weight is 270 g/mol. The lowest BCUT2D eigenvalue weighted by atomic mass is 10.1. The zero-order valence-electron chi connectivity index (χ0n) is 10.2. The van der Waals surface area contributed by atoms with Crippen LogP contribution in [0.3, 0.4) is 0 Å². The van der Waals surface area contributed by atoms with Crippen molar-refractivity contribution < 1.29 is 14.6 Å². The molecule has 0 atom stereocenters. The van der Waals surface area contributed by atoms with Crippen molar-refractivity contribution in [2.24, 2.45) is 0 Å². The van der Waals surface area contributed by atoms with Gasteiger partial charge in [0.25, 0.3) is 0 Å². The van der Waals surface area contributed by atoms with Gasteiger partial charge < -0.3 is 15.2 Å². The van der Waals surface area contributed by atoms with Crippen LogP contribution < -0.4 is 5.32 Å². The fourth-order valence-corrected chi connectivity index (χ4v) is 2.23. The van der Waals surface area contributed by atoms with E-state index in [0.29, 0.717) is 16.8 Å². The molecule has 4 nitrogen and oxygen atoms in total. The minimum atomic E-state index is -0.202. The highest BCUT2D eigenvalue weighted by atomic mass is 35.5. The van der Waals surface area contributed by atoms with Crippen LogP contribution in [0.5, 0.6) is 5.75 Å². The lowest BCUT2D eigenvalue weighted by Gasteiger charge is -2.24. The molecule has 1 saturated heterocycles. The SMILES string of the molecule is CC(=O)c1cc(Cl)c(NC2CCOCC2)cc1O. The fourth-order valence-electron chi connectivity index (χ4n) is 2.02. The Morgan fingerprint density at radius 2 is 2.11 bits per heavy atom. The molecule has 18 heavy (non-hydrogen) atoms. The van der Waals surface area contributed by atoms with E-state index in [1.165, 1.54) is 19.1 Å². The van der Waals surface area contributed by atoms with Crippen LogP contribution in [0, 0.1) is 0 Å². The van der Waals surface area contributed by atoms with E-state index < -0.39 is 0 Å². The number of anilines is 1. The smallest absolute Gasteiger partial charge is 0.163 e. The van der Waals surface area contributed by atoms with Gasteiger partial charge in [0.05, 0.1) is 16.3 Å². The number of nitrogens with one attached hydrogen (secondary N) is 1. The molecule has 98 valence electrons. The molecule has 1 aromatic rings.